The van der Waals surface area contributed by atoms with Gasteiger partial charge in [0.15, 0.2) is 0 Å². The summed E-state index contributed by atoms with van der Waals surface area (Å²) in [6.07, 6.45) is 5.36. The van der Waals surface area contributed by atoms with Crippen LogP contribution in [0.1, 0.15) is 46.5 Å². The Hall–Kier alpha value is -0.120. The standard InChI is InChI=1S/C15H33N3/c1-4-11-18-13-7-9-15(18)14-16-10-8-12-17(5-2)6-3/h15-16H,4-14H2,1-3H3. The van der Waals surface area contributed by atoms with Gasteiger partial charge < -0.3 is 10.2 Å². The molecular weight excluding hydrogens is 222 g/mol. The average molecular weight is 255 g/mol. The smallest absolute Gasteiger partial charge is 0.0221 e. The number of hydrogen-bond donors (Lipinski definition) is 1. The van der Waals surface area contributed by atoms with Crippen LogP contribution in [-0.2, 0) is 0 Å². The molecule has 0 aromatic heterocycles. The van der Waals surface area contributed by atoms with Crippen LogP contribution in [0, 0.1) is 0 Å². The number of rotatable bonds is 10. The molecule has 1 aliphatic rings. The molecule has 1 unspecified atom stereocenters. The fourth-order valence-electron chi connectivity index (χ4n) is 2.94. The minimum atomic E-state index is 0.804. The SMILES string of the molecule is CCCN1CCCC1CNCCCN(CC)CC. The summed E-state index contributed by atoms with van der Waals surface area (Å²) < 4.78 is 0. The summed E-state index contributed by atoms with van der Waals surface area (Å²) in [6, 6.07) is 0.804. The fourth-order valence-corrected chi connectivity index (χ4v) is 2.94. The highest BCUT2D eigenvalue weighted by atomic mass is 15.2. The van der Waals surface area contributed by atoms with E-state index in [-0.39, 0.29) is 0 Å². The topological polar surface area (TPSA) is 18.5 Å². The first-order valence-corrected chi connectivity index (χ1v) is 7.98. The Morgan fingerprint density at radius 1 is 1.22 bits per heavy atom. The maximum absolute atomic E-state index is 3.65. The van der Waals surface area contributed by atoms with Crippen molar-refractivity contribution in [3.8, 4) is 0 Å². The molecule has 1 N–H and O–H groups in total. The Balaban J connectivity index is 2.03. The summed E-state index contributed by atoms with van der Waals surface area (Å²) in [5.41, 5.74) is 0. The second kappa shape index (κ2) is 9.76. The van der Waals surface area contributed by atoms with Gasteiger partial charge in [0.2, 0.25) is 0 Å². The van der Waals surface area contributed by atoms with Gasteiger partial charge in [-0.25, -0.2) is 0 Å². The van der Waals surface area contributed by atoms with E-state index in [1.807, 2.05) is 0 Å². The van der Waals surface area contributed by atoms with Gasteiger partial charge in [0.05, 0.1) is 0 Å². The van der Waals surface area contributed by atoms with Crippen LogP contribution in [0.15, 0.2) is 0 Å². The molecule has 0 saturated carbocycles. The first-order valence-electron chi connectivity index (χ1n) is 7.98. The molecule has 0 aromatic carbocycles. The van der Waals surface area contributed by atoms with Crippen LogP contribution in [-0.4, -0.2) is 61.7 Å². The highest BCUT2D eigenvalue weighted by Crippen LogP contribution is 2.16. The number of likely N-dealkylation sites (tertiary alicyclic amines) is 1. The molecule has 0 spiro atoms. The van der Waals surface area contributed by atoms with Crippen LogP contribution in [0.5, 0.6) is 0 Å². The van der Waals surface area contributed by atoms with Crippen LogP contribution in [0.25, 0.3) is 0 Å². The zero-order valence-corrected chi connectivity index (χ0v) is 12.7. The number of nitrogens with zero attached hydrogens (tertiary/aromatic N) is 2. The molecule has 1 fully saturated rings. The van der Waals surface area contributed by atoms with Crippen molar-refractivity contribution in [2.24, 2.45) is 0 Å². The van der Waals surface area contributed by atoms with Crippen LogP contribution >= 0.6 is 0 Å². The minimum Gasteiger partial charge on any atom is -0.315 e. The van der Waals surface area contributed by atoms with Gasteiger partial charge in [-0.3, -0.25) is 4.90 Å². The Kier molecular flexibility index (Phi) is 8.64. The van der Waals surface area contributed by atoms with Gasteiger partial charge in [-0.1, -0.05) is 20.8 Å². The average Bonchev–Trinajstić information content (AvgIpc) is 2.82. The lowest BCUT2D eigenvalue weighted by molar-refractivity contribution is 0.245. The number of hydrogen-bond acceptors (Lipinski definition) is 3. The van der Waals surface area contributed by atoms with E-state index in [0.29, 0.717) is 0 Å². The van der Waals surface area contributed by atoms with Crippen molar-refractivity contribution in [3.63, 3.8) is 0 Å². The molecule has 1 saturated heterocycles. The van der Waals surface area contributed by atoms with Crippen LogP contribution < -0.4 is 5.32 Å². The van der Waals surface area contributed by atoms with Crippen LogP contribution in [0.2, 0.25) is 0 Å². The largest absolute Gasteiger partial charge is 0.315 e. The Morgan fingerprint density at radius 3 is 2.67 bits per heavy atom. The molecule has 3 heteroatoms. The van der Waals surface area contributed by atoms with Crippen molar-refractivity contribution in [2.45, 2.75) is 52.5 Å². The molecule has 0 amide bonds. The van der Waals surface area contributed by atoms with E-state index in [9.17, 15) is 0 Å². The minimum absolute atomic E-state index is 0.804. The van der Waals surface area contributed by atoms with Crippen molar-refractivity contribution >= 4 is 0 Å². The van der Waals surface area contributed by atoms with Gasteiger partial charge in [0, 0.05) is 12.6 Å². The lowest BCUT2D eigenvalue weighted by Crippen LogP contribution is -2.39. The summed E-state index contributed by atoms with van der Waals surface area (Å²) >= 11 is 0. The third-order valence-electron chi connectivity index (χ3n) is 4.11. The number of nitrogens with one attached hydrogen (secondary N) is 1. The second-order valence-corrected chi connectivity index (χ2v) is 5.42. The molecule has 0 aromatic rings. The van der Waals surface area contributed by atoms with Gasteiger partial charge in [0.25, 0.3) is 0 Å². The first kappa shape index (κ1) is 15.9. The van der Waals surface area contributed by atoms with Crippen LogP contribution in [0.4, 0.5) is 0 Å². The van der Waals surface area contributed by atoms with E-state index in [1.54, 1.807) is 0 Å². The predicted octanol–water partition coefficient (Wildman–Crippen LogP) is 2.18. The molecule has 18 heavy (non-hydrogen) atoms. The van der Waals surface area contributed by atoms with Crippen molar-refractivity contribution in [1.29, 1.82) is 0 Å². The lowest BCUT2D eigenvalue weighted by atomic mass is 10.2. The van der Waals surface area contributed by atoms with Gasteiger partial charge >= 0.3 is 0 Å². The normalized spacial score (nSPS) is 21.0. The predicted molar refractivity (Wildman–Crippen MR) is 80.2 cm³/mol. The lowest BCUT2D eigenvalue weighted by Gasteiger charge is -2.24. The van der Waals surface area contributed by atoms with E-state index >= 15 is 0 Å². The van der Waals surface area contributed by atoms with E-state index in [2.05, 4.69) is 35.9 Å². The van der Waals surface area contributed by atoms with Crippen molar-refractivity contribution < 1.29 is 0 Å². The first-order chi connectivity index (χ1) is 8.81. The molecular formula is C15H33N3. The zero-order chi connectivity index (χ0) is 13.2. The molecule has 0 radical (unpaired) electrons. The molecule has 108 valence electrons. The monoisotopic (exact) mass is 255 g/mol. The zero-order valence-electron chi connectivity index (χ0n) is 12.7. The van der Waals surface area contributed by atoms with E-state index in [1.165, 1.54) is 71.5 Å². The molecule has 0 aliphatic carbocycles. The van der Waals surface area contributed by atoms with Gasteiger partial charge in [-0.05, 0) is 65.0 Å². The summed E-state index contributed by atoms with van der Waals surface area (Å²) in [7, 11) is 0. The molecule has 1 heterocycles. The third-order valence-corrected chi connectivity index (χ3v) is 4.11. The van der Waals surface area contributed by atoms with Crippen molar-refractivity contribution in [3.05, 3.63) is 0 Å². The highest BCUT2D eigenvalue weighted by Gasteiger charge is 2.22. The summed E-state index contributed by atoms with van der Waals surface area (Å²) in [4.78, 5) is 5.16. The Labute approximate surface area is 114 Å². The third kappa shape index (κ3) is 5.68. The van der Waals surface area contributed by atoms with Gasteiger partial charge in [-0.15, -0.1) is 0 Å². The summed E-state index contributed by atoms with van der Waals surface area (Å²) in [6.45, 7) is 15.4. The molecule has 3 nitrogen and oxygen atoms in total. The summed E-state index contributed by atoms with van der Waals surface area (Å²) in [5, 5.41) is 3.65. The molecule has 0 bridgehead atoms. The molecule has 1 atom stereocenters. The highest BCUT2D eigenvalue weighted by molar-refractivity contribution is 4.80. The Morgan fingerprint density at radius 2 is 2.00 bits per heavy atom. The van der Waals surface area contributed by atoms with Gasteiger partial charge in [0.1, 0.15) is 0 Å². The molecule has 1 rings (SSSR count). The summed E-state index contributed by atoms with van der Waals surface area (Å²) in [5.74, 6) is 0. The van der Waals surface area contributed by atoms with E-state index < -0.39 is 0 Å². The fraction of sp³-hybridized carbons (Fsp3) is 1.00. The quantitative estimate of drug-likeness (QED) is 0.604. The van der Waals surface area contributed by atoms with E-state index in [0.717, 1.165) is 6.04 Å². The van der Waals surface area contributed by atoms with Crippen molar-refractivity contribution in [2.75, 3.05) is 45.8 Å². The maximum Gasteiger partial charge on any atom is 0.0221 e. The second-order valence-electron chi connectivity index (χ2n) is 5.42. The van der Waals surface area contributed by atoms with E-state index in [4.69, 9.17) is 0 Å². The molecule has 1 aliphatic heterocycles. The van der Waals surface area contributed by atoms with Crippen LogP contribution in [0.3, 0.4) is 0 Å². The Bertz CT molecular complexity index is 192. The van der Waals surface area contributed by atoms with Gasteiger partial charge in [-0.2, -0.15) is 0 Å². The maximum atomic E-state index is 3.65. The van der Waals surface area contributed by atoms with Crippen molar-refractivity contribution in [1.82, 2.24) is 15.1 Å².